The SMILES string of the molecule is C[C@@H]1CCC[C@@H]1N(Cc1ccc(C(F)(F)F)cn1)C(=O)c1ccc2nc(N)c(Br)cc2c1. The summed E-state index contributed by atoms with van der Waals surface area (Å²) in [6, 6.07) is 9.38. The lowest BCUT2D eigenvalue weighted by molar-refractivity contribution is -0.137. The number of benzene rings is 1. The minimum atomic E-state index is -4.45. The fraction of sp³-hybridized carbons (Fsp3) is 0.348. The normalized spacial score (nSPS) is 18.8. The molecular formula is C23H22BrF3N4O. The van der Waals surface area contributed by atoms with E-state index >= 15 is 0 Å². The van der Waals surface area contributed by atoms with Crippen molar-refractivity contribution >= 4 is 38.6 Å². The number of halogens is 4. The lowest BCUT2D eigenvalue weighted by atomic mass is 10.0. The predicted octanol–water partition coefficient (Wildman–Crippen LogP) is 5.82. The van der Waals surface area contributed by atoms with Crippen LogP contribution < -0.4 is 5.73 Å². The maximum atomic E-state index is 13.6. The van der Waals surface area contributed by atoms with Crippen molar-refractivity contribution in [3.63, 3.8) is 0 Å². The Bertz CT molecular complexity index is 1150. The molecule has 0 radical (unpaired) electrons. The zero-order valence-corrected chi connectivity index (χ0v) is 18.9. The van der Waals surface area contributed by atoms with Crippen LogP contribution in [0.5, 0.6) is 0 Å². The average molecular weight is 507 g/mol. The zero-order chi connectivity index (χ0) is 23.0. The number of fused-ring (bicyclic) bond motifs is 1. The predicted molar refractivity (Wildman–Crippen MR) is 120 cm³/mol. The van der Waals surface area contributed by atoms with Gasteiger partial charge in [-0.15, -0.1) is 0 Å². The highest BCUT2D eigenvalue weighted by Gasteiger charge is 2.34. The standard InChI is InChI=1S/C23H22BrF3N4O/c1-13-3-2-4-20(13)31(12-17-7-6-16(11-29-17)23(25,26)27)22(32)14-5-8-19-15(9-14)10-18(24)21(28)30-19/h5-11,13,20H,2-4,12H2,1H3,(H2,28,30)/t13-,20+/m1/s1. The summed E-state index contributed by atoms with van der Waals surface area (Å²) in [6.07, 6.45) is -0.769. The van der Waals surface area contributed by atoms with E-state index < -0.39 is 11.7 Å². The molecule has 168 valence electrons. The number of aromatic nitrogens is 2. The first-order valence-electron chi connectivity index (χ1n) is 10.3. The number of pyridine rings is 2. The second-order valence-electron chi connectivity index (χ2n) is 8.21. The van der Waals surface area contributed by atoms with Crippen molar-refractivity contribution in [1.82, 2.24) is 14.9 Å². The summed E-state index contributed by atoms with van der Waals surface area (Å²) in [5.41, 5.74) is 6.62. The van der Waals surface area contributed by atoms with Crippen molar-refractivity contribution in [2.75, 3.05) is 5.73 Å². The Kier molecular flexibility index (Phi) is 6.11. The summed E-state index contributed by atoms with van der Waals surface area (Å²) >= 11 is 3.36. The molecule has 0 saturated heterocycles. The fourth-order valence-electron chi connectivity index (χ4n) is 4.25. The van der Waals surface area contributed by atoms with Crippen molar-refractivity contribution in [3.05, 3.63) is 63.9 Å². The molecule has 1 aliphatic rings. The number of alkyl halides is 3. The van der Waals surface area contributed by atoms with Gasteiger partial charge < -0.3 is 10.6 Å². The van der Waals surface area contributed by atoms with Gasteiger partial charge in [0.2, 0.25) is 0 Å². The maximum absolute atomic E-state index is 13.6. The third-order valence-electron chi connectivity index (χ3n) is 6.00. The monoisotopic (exact) mass is 506 g/mol. The van der Waals surface area contributed by atoms with E-state index in [9.17, 15) is 18.0 Å². The highest BCUT2D eigenvalue weighted by molar-refractivity contribution is 9.10. The molecule has 32 heavy (non-hydrogen) atoms. The Balaban J connectivity index is 1.66. The average Bonchev–Trinajstić information content (AvgIpc) is 3.17. The highest BCUT2D eigenvalue weighted by Crippen LogP contribution is 2.33. The van der Waals surface area contributed by atoms with E-state index in [1.165, 1.54) is 6.07 Å². The summed E-state index contributed by atoms with van der Waals surface area (Å²) in [7, 11) is 0. The van der Waals surface area contributed by atoms with E-state index in [0.29, 0.717) is 33.0 Å². The van der Waals surface area contributed by atoms with Crippen LogP contribution in [0, 0.1) is 5.92 Å². The molecular weight excluding hydrogens is 485 g/mol. The first kappa shape index (κ1) is 22.5. The van der Waals surface area contributed by atoms with E-state index in [0.717, 1.165) is 36.9 Å². The smallest absolute Gasteiger partial charge is 0.383 e. The van der Waals surface area contributed by atoms with Crippen LogP contribution in [0.1, 0.15) is 47.8 Å². The van der Waals surface area contributed by atoms with E-state index in [1.54, 1.807) is 23.1 Å². The van der Waals surface area contributed by atoms with Crippen LogP contribution in [0.3, 0.4) is 0 Å². The molecule has 0 bridgehead atoms. The summed E-state index contributed by atoms with van der Waals surface area (Å²) in [4.78, 5) is 23.6. The Morgan fingerprint density at radius 2 is 2.00 bits per heavy atom. The molecule has 9 heteroatoms. The summed E-state index contributed by atoms with van der Waals surface area (Å²) in [5.74, 6) is 0.483. The number of nitrogens with two attached hydrogens (primary N) is 1. The molecule has 1 saturated carbocycles. The van der Waals surface area contributed by atoms with Crippen molar-refractivity contribution in [2.45, 2.75) is 44.9 Å². The topological polar surface area (TPSA) is 72.1 Å². The second-order valence-corrected chi connectivity index (χ2v) is 9.06. The van der Waals surface area contributed by atoms with Crippen molar-refractivity contribution < 1.29 is 18.0 Å². The molecule has 3 aromatic rings. The quantitative estimate of drug-likeness (QED) is 0.483. The molecule has 4 rings (SSSR count). The molecule has 0 unspecified atom stereocenters. The minimum Gasteiger partial charge on any atom is -0.383 e. The number of nitrogen functional groups attached to an aromatic ring is 1. The number of amides is 1. The minimum absolute atomic E-state index is 0.00133. The lowest BCUT2D eigenvalue weighted by Crippen LogP contribution is -2.41. The molecule has 5 nitrogen and oxygen atoms in total. The number of rotatable bonds is 4. The van der Waals surface area contributed by atoms with Crippen molar-refractivity contribution in [1.29, 1.82) is 0 Å². The van der Waals surface area contributed by atoms with Crippen molar-refractivity contribution in [3.8, 4) is 0 Å². The molecule has 1 amide bonds. The van der Waals surface area contributed by atoms with E-state index in [4.69, 9.17) is 5.73 Å². The van der Waals surface area contributed by atoms with Crippen LogP contribution in [-0.4, -0.2) is 26.8 Å². The molecule has 2 aromatic heterocycles. The molecule has 1 aromatic carbocycles. The highest BCUT2D eigenvalue weighted by atomic mass is 79.9. The zero-order valence-electron chi connectivity index (χ0n) is 17.4. The molecule has 1 fully saturated rings. The van der Waals surface area contributed by atoms with Crippen LogP contribution in [0.15, 0.2) is 47.1 Å². The molecule has 2 atom stereocenters. The van der Waals surface area contributed by atoms with Crippen molar-refractivity contribution in [2.24, 2.45) is 5.92 Å². The molecule has 2 N–H and O–H groups in total. The van der Waals surface area contributed by atoms with Gasteiger partial charge in [0.25, 0.3) is 5.91 Å². The van der Waals surface area contributed by atoms with E-state index in [2.05, 4.69) is 32.8 Å². The van der Waals surface area contributed by atoms with Gasteiger partial charge in [0, 0.05) is 23.2 Å². The van der Waals surface area contributed by atoms with Crippen LogP contribution in [0.25, 0.3) is 10.9 Å². The van der Waals surface area contributed by atoms with Gasteiger partial charge in [-0.05, 0) is 71.1 Å². The number of carbonyl (C=O) groups is 1. The number of anilines is 1. The lowest BCUT2D eigenvalue weighted by Gasteiger charge is -2.32. The van der Waals surface area contributed by atoms with E-state index in [-0.39, 0.29) is 18.5 Å². The molecule has 0 aliphatic heterocycles. The Morgan fingerprint density at radius 1 is 1.22 bits per heavy atom. The largest absolute Gasteiger partial charge is 0.417 e. The van der Waals surface area contributed by atoms with Gasteiger partial charge in [-0.25, -0.2) is 4.98 Å². The second kappa shape index (κ2) is 8.69. The fourth-order valence-corrected chi connectivity index (χ4v) is 4.59. The van der Waals surface area contributed by atoms with Gasteiger partial charge in [-0.2, -0.15) is 13.2 Å². The number of nitrogens with zero attached hydrogens (tertiary/aromatic N) is 3. The Labute approximate surface area is 192 Å². The van der Waals surface area contributed by atoms with Gasteiger partial charge in [0.05, 0.1) is 27.8 Å². The summed E-state index contributed by atoms with van der Waals surface area (Å²) in [6.45, 7) is 2.25. The van der Waals surface area contributed by atoms with E-state index in [1.807, 2.05) is 6.07 Å². The molecule has 2 heterocycles. The molecule has 1 aliphatic carbocycles. The van der Waals surface area contributed by atoms with Gasteiger partial charge >= 0.3 is 6.18 Å². The Morgan fingerprint density at radius 3 is 2.62 bits per heavy atom. The van der Waals surface area contributed by atoms with Crippen LogP contribution >= 0.6 is 15.9 Å². The number of hydrogen-bond donors (Lipinski definition) is 1. The van der Waals surface area contributed by atoms with Gasteiger partial charge in [0.1, 0.15) is 5.82 Å². The van der Waals surface area contributed by atoms with Gasteiger partial charge in [-0.1, -0.05) is 13.3 Å². The third-order valence-corrected chi connectivity index (χ3v) is 6.64. The van der Waals surface area contributed by atoms with Crippen LogP contribution in [0.2, 0.25) is 0 Å². The van der Waals surface area contributed by atoms with Crippen LogP contribution in [0.4, 0.5) is 19.0 Å². The maximum Gasteiger partial charge on any atom is 0.417 e. The summed E-state index contributed by atoms with van der Waals surface area (Å²) < 4.78 is 39.3. The first-order valence-corrected chi connectivity index (χ1v) is 11.1. The number of hydrogen-bond acceptors (Lipinski definition) is 4. The number of carbonyl (C=O) groups excluding carboxylic acids is 1. The van der Waals surface area contributed by atoms with Crippen LogP contribution in [-0.2, 0) is 12.7 Å². The first-order chi connectivity index (χ1) is 15.1. The summed E-state index contributed by atoms with van der Waals surface area (Å²) in [5, 5.41) is 0.768. The molecule has 0 spiro atoms. The van der Waals surface area contributed by atoms with Gasteiger partial charge in [0.15, 0.2) is 0 Å². The Hall–Kier alpha value is -2.68. The third kappa shape index (κ3) is 4.57. The van der Waals surface area contributed by atoms with Gasteiger partial charge in [-0.3, -0.25) is 9.78 Å².